The van der Waals surface area contributed by atoms with Gasteiger partial charge < -0.3 is 24.2 Å². The van der Waals surface area contributed by atoms with Crippen LogP contribution in [0.1, 0.15) is 239 Å². The van der Waals surface area contributed by atoms with Gasteiger partial charge in [0.05, 0.1) is 19.8 Å². The monoisotopic (exact) mass is 1030 g/mol. The predicted molar refractivity (Wildman–Crippen MR) is 298 cm³/mol. The first-order chi connectivity index (χ1) is 35.2. The molecule has 3 unspecified atom stereocenters. The zero-order valence-corrected chi connectivity index (χ0v) is 46.5. The maximum Gasteiger partial charge on any atom is 0.472 e. The molecule has 0 rings (SSSR count). The van der Waals surface area contributed by atoms with Crippen LogP contribution in [0.3, 0.4) is 0 Å². The van der Waals surface area contributed by atoms with Gasteiger partial charge in [-0.05, 0) is 109 Å². The van der Waals surface area contributed by atoms with E-state index in [0.29, 0.717) is 19.3 Å². The molecule has 11 nitrogen and oxygen atoms in total. The van der Waals surface area contributed by atoms with Gasteiger partial charge in [0.15, 0.2) is 6.10 Å². The number of phosphoric acid groups is 1. The molecule has 0 amide bonds. The molecule has 0 radical (unpaired) electrons. The van der Waals surface area contributed by atoms with E-state index in [1.165, 1.54) is 44.9 Å². The number of ether oxygens (including phenoxy) is 3. The predicted octanol–water partition coefficient (Wildman–Crippen LogP) is 16.7. The fraction of sp³-hybridized carbons (Fsp3) is 0.717. The maximum absolute atomic E-state index is 12.9. The number of unbranched alkanes of at least 4 members (excludes halogenated alkanes) is 21. The van der Waals surface area contributed by atoms with Gasteiger partial charge in [-0.25, -0.2) is 4.57 Å². The molecule has 0 fully saturated rings. The normalized spacial score (nSPS) is 14.0. The zero-order chi connectivity index (χ0) is 52.7. The number of carbonyl (C=O) groups excluding carboxylic acids is 3. The SMILES string of the molecule is CC/C=C\C/C=C\C/C=C\CCCCCCCC(=O)OC(CO)COP(=O)(O)OCC(COC(=O)CCCCCCC/C=C\C/C=C\CCC)OC(=O)CCCCCCCCC/C=C\C/C=C\CCCCC. The summed E-state index contributed by atoms with van der Waals surface area (Å²) in [4.78, 5) is 48.5. The summed E-state index contributed by atoms with van der Waals surface area (Å²) in [7, 11) is -4.76. The highest BCUT2D eigenvalue weighted by atomic mass is 31.2. The standard InChI is InChI=1S/C60H103O11P/c1-4-7-10-13-16-19-22-25-27-28-30-33-36-39-42-45-48-51-60(64)71-57(53-67-58(62)49-46-43-40-37-34-31-24-21-18-15-12-9-6-3)55-69-72(65,66)68-54-56(52-61)70-59(63)50-47-44-41-38-35-32-29-26-23-20-17-14-11-8-5-2/h8,11-12,15-17,19-21,24-27,29,56-57,61H,4-7,9-10,13-14,18,22-23,28,30-55H2,1-3H3,(H,65,66)/b11-8-,15-12-,19-16-,20-17-,24-21-,27-25-,29-26-. The molecule has 0 aliphatic carbocycles. The van der Waals surface area contributed by atoms with Crippen LogP contribution in [0.15, 0.2) is 85.1 Å². The number of aliphatic hydroxyl groups excluding tert-OH is 1. The van der Waals surface area contributed by atoms with Crippen LogP contribution in [0.25, 0.3) is 0 Å². The van der Waals surface area contributed by atoms with E-state index in [4.69, 9.17) is 23.3 Å². The molecule has 0 saturated heterocycles. The van der Waals surface area contributed by atoms with Crippen molar-refractivity contribution in [3.05, 3.63) is 85.1 Å². The Morgan fingerprint density at radius 1 is 0.403 bits per heavy atom. The molecule has 0 aliphatic heterocycles. The molecule has 72 heavy (non-hydrogen) atoms. The lowest BCUT2D eigenvalue weighted by Gasteiger charge is -2.21. The Morgan fingerprint density at radius 2 is 0.750 bits per heavy atom. The molecule has 2 N–H and O–H groups in total. The number of carbonyl (C=O) groups is 3. The number of hydrogen-bond donors (Lipinski definition) is 2. The highest BCUT2D eigenvalue weighted by Gasteiger charge is 2.28. The van der Waals surface area contributed by atoms with Crippen LogP contribution in [0.4, 0.5) is 0 Å². The van der Waals surface area contributed by atoms with Crippen molar-refractivity contribution >= 4 is 25.7 Å². The van der Waals surface area contributed by atoms with Crippen LogP contribution in [0, 0.1) is 0 Å². The fourth-order valence-electron chi connectivity index (χ4n) is 7.44. The molecule has 0 saturated carbocycles. The molecule has 3 atom stereocenters. The van der Waals surface area contributed by atoms with E-state index in [1.54, 1.807) is 0 Å². The molecule has 0 aromatic heterocycles. The third-order valence-electron chi connectivity index (χ3n) is 11.8. The minimum atomic E-state index is -4.76. The number of rotatable bonds is 52. The molecule has 0 aromatic carbocycles. The third-order valence-corrected chi connectivity index (χ3v) is 12.7. The summed E-state index contributed by atoms with van der Waals surface area (Å²) in [6, 6.07) is 0. The average molecular weight is 1030 g/mol. The van der Waals surface area contributed by atoms with Crippen LogP contribution in [0.5, 0.6) is 0 Å². The third kappa shape index (κ3) is 51.6. The summed E-state index contributed by atoms with van der Waals surface area (Å²) in [6.07, 6.45) is 61.1. The Kier molecular flexibility index (Phi) is 51.4. The largest absolute Gasteiger partial charge is 0.472 e. The minimum Gasteiger partial charge on any atom is -0.462 e. The maximum atomic E-state index is 12.9. The van der Waals surface area contributed by atoms with E-state index in [1.807, 2.05) is 0 Å². The summed E-state index contributed by atoms with van der Waals surface area (Å²) in [5.74, 6) is -1.51. The lowest BCUT2D eigenvalue weighted by molar-refractivity contribution is -0.161. The van der Waals surface area contributed by atoms with Crippen molar-refractivity contribution in [1.29, 1.82) is 0 Å². The van der Waals surface area contributed by atoms with Crippen molar-refractivity contribution in [2.45, 2.75) is 251 Å². The van der Waals surface area contributed by atoms with Crippen molar-refractivity contribution in [3.63, 3.8) is 0 Å². The number of hydrogen-bond acceptors (Lipinski definition) is 10. The first kappa shape index (κ1) is 68.7. The number of phosphoric ester groups is 1. The number of esters is 3. The quantitative estimate of drug-likeness (QED) is 0.0197. The second-order valence-electron chi connectivity index (χ2n) is 18.7. The van der Waals surface area contributed by atoms with E-state index >= 15 is 0 Å². The van der Waals surface area contributed by atoms with Crippen LogP contribution in [-0.2, 0) is 42.2 Å². The van der Waals surface area contributed by atoms with Gasteiger partial charge in [-0.1, -0.05) is 196 Å². The van der Waals surface area contributed by atoms with Gasteiger partial charge in [-0.3, -0.25) is 23.4 Å². The van der Waals surface area contributed by atoms with Gasteiger partial charge in [0.25, 0.3) is 0 Å². The van der Waals surface area contributed by atoms with Gasteiger partial charge in [0.1, 0.15) is 12.7 Å². The molecule has 0 aromatic rings. The molecule has 414 valence electrons. The van der Waals surface area contributed by atoms with Crippen molar-refractivity contribution in [3.8, 4) is 0 Å². The van der Waals surface area contributed by atoms with E-state index < -0.39 is 57.8 Å². The van der Waals surface area contributed by atoms with Crippen LogP contribution < -0.4 is 0 Å². The topological polar surface area (TPSA) is 155 Å². The number of allylic oxidation sites excluding steroid dienone is 14. The molecule has 0 bridgehead atoms. The van der Waals surface area contributed by atoms with Gasteiger partial charge in [0, 0.05) is 19.3 Å². The Labute approximate surface area is 439 Å². The van der Waals surface area contributed by atoms with Crippen LogP contribution in [0.2, 0.25) is 0 Å². The summed E-state index contributed by atoms with van der Waals surface area (Å²) in [5, 5.41) is 9.81. The van der Waals surface area contributed by atoms with Gasteiger partial charge in [-0.15, -0.1) is 0 Å². The second kappa shape index (κ2) is 53.9. The first-order valence-corrected chi connectivity index (χ1v) is 30.0. The van der Waals surface area contributed by atoms with E-state index in [2.05, 4.69) is 106 Å². The highest BCUT2D eigenvalue weighted by Crippen LogP contribution is 2.43. The van der Waals surface area contributed by atoms with Crippen molar-refractivity contribution in [1.82, 2.24) is 0 Å². The molecular weight excluding hydrogens is 928 g/mol. The Hall–Kier alpha value is -3.34. The summed E-state index contributed by atoms with van der Waals surface area (Å²) >= 11 is 0. The highest BCUT2D eigenvalue weighted by molar-refractivity contribution is 7.47. The fourth-order valence-corrected chi connectivity index (χ4v) is 8.22. The van der Waals surface area contributed by atoms with E-state index in [9.17, 15) is 28.9 Å². The Morgan fingerprint density at radius 3 is 1.17 bits per heavy atom. The van der Waals surface area contributed by atoms with E-state index in [-0.39, 0.29) is 25.9 Å². The molecule has 12 heteroatoms. The van der Waals surface area contributed by atoms with Crippen molar-refractivity contribution < 1.29 is 52.2 Å². The smallest absolute Gasteiger partial charge is 0.462 e. The number of aliphatic hydroxyl groups is 1. The summed E-state index contributed by atoms with van der Waals surface area (Å²) in [6.45, 7) is 4.40. The minimum absolute atomic E-state index is 0.151. The van der Waals surface area contributed by atoms with Gasteiger partial charge >= 0.3 is 25.7 Å². The lowest BCUT2D eigenvalue weighted by Crippen LogP contribution is -2.30. The summed E-state index contributed by atoms with van der Waals surface area (Å²) < 4.78 is 39.5. The average Bonchev–Trinajstić information content (AvgIpc) is 3.37. The molecular formula is C60H103O11P. The van der Waals surface area contributed by atoms with Crippen molar-refractivity contribution in [2.75, 3.05) is 26.4 Å². The summed E-state index contributed by atoms with van der Waals surface area (Å²) in [5.41, 5.74) is 0. The molecule has 0 aliphatic rings. The lowest BCUT2D eigenvalue weighted by atomic mass is 10.1. The first-order valence-electron chi connectivity index (χ1n) is 28.5. The molecule has 0 heterocycles. The zero-order valence-electron chi connectivity index (χ0n) is 45.6. The van der Waals surface area contributed by atoms with Gasteiger partial charge in [-0.2, -0.15) is 0 Å². The second-order valence-corrected chi connectivity index (χ2v) is 20.2. The Bertz CT molecular complexity index is 1530. The van der Waals surface area contributed by atoms with Gasteiger partial charge in [0.2, 0.25) is 0 Å². The molecule has 0 spiro atoms. The Balaban J connectivity index is 4.76. The van der Waals surface area contributed by atoms with Crippen LogP contribution >= 0.6 is 7.82 Å². The van der Waals surface area contributed by atoms with Crippen molar-refractivity contribution in [2.24, 2.45) is 0 Å². The van der Waals surface area contributed by atoms with Crippen LogP contribution in [-0.4, -0.2) is 66.5 Å². The van der Waals surface area contributed by atoms with E-state index in [0.717, 1.165) is 135 Å².